The molecule has 3 rings (SSSR count). The van der Waals surface area contributed by atoms with E-state index in [-0.39, 0.29) is 24.7 Å². The minimum Gasteiger partial charge on any atom is -0.396 e. The first-order valence-electron chi connectivity index (χ1n) is 8.86. The van der Waals surface area contributed by atoms with Crippen LogP contribution in [0.15, 0.2) is 48.8 Å². The molecule has 0 aliphatic heterocycles. The van der Waals surface area contributed by atoms with Crippen LogP contribution in [-0.2, 0) is 6.42 Å². The predicted octanol–water partition coefficient (Wildman–Crippen LogP) is 3.22. The summed E-state index contributed by atoms with van der Waals surface area (Å²) in [7, 11) is 0. The molecule has 1 aromatic carbocycles. The quantitative estimate of drug-likeness (QED) is 0.849. The summed E-state index contributed by atoms with van der Waals surface area (Å²) in [5.41, 5.74) is 3.57. The number of nitrogens with one attached hydrogen (secondary N) is 1. The van der Waals surface area contributed by atoms with Gasteiger partial charge in [-0.3, -0.25) is 4.98 Å². The van der Waals surface area contributed by atoms with Crippen LogP contribution in [0.5, 0.6) is 0 Å². The average Bonchev–Trinajstić information content (AvgIpc) is 3.07. The highest BCUT2D eigenvalue weighted by Gasteiger charge is 2.31. The lowest BCUT2D eigenvalue weighted by atomic mass is 10.1. The van der Waals surface area contributed by atoms with E-state index in [0.717, 1.165) is 18.4 Å². The molecule has 2 N–H and O–H groups in total. The topological polar surface area (TPSA) is 65.5 Å². The Bertz CT molecular complexity index is 705. The summed E-state index contributed by atoms with van der Waals surface area (Å²) in [6, 6.07) is 12.0. The Morgan fingerprint density at radius 2 is 2.08 bits per heavy atom. The van der Waals surface area contributed by atoms with Gasteiger partial charge in [-0.25, -0.2) is 4.79 Å². The second-order valence-electron chi connectivity index (χ2n) is 6.48. The van der Waals surface area contributed by atoms with Crippen molar-refractivity contribution in [1.29, 1.82) is 0 Å². The minimum absolute atomic E-state index is 0.0763. The Balaban J connectivity index is 1.75. The number of benzene rings is 1. The molecule has 1 aliphatic rings. The summed E-state index contributed by atoms with van der Waals surface area (Å²) in [5, 5.41) is 12.3. The SMILES string of the molecule is CC(NC(=O)N(CCCO)C1CCc2ccccc21)c1ccncc1. The largest absolute Gasteiger partial charge is 0.396 e. The van der Waals surface area contributed by atoms with Crippen LogP contribution in [0.25, 0.3) is 0 Å². The third kappa shape index (κ3) is 3.99. The van der Waals surface area contributed by atoms with Gasteiger partial charge in [0.15, 0.2) is 0 Å². The number of aliphatic hydroxyl groups excluding tert-OH is 1. The predicted molar refractivity (Wildman–Crippen MR) is 97.1 cm³/mol. The summed E-state index contributed by atoms with van der Waals surface area (Å²) >= 11 is 0. The number of carbonyl (C=O) groups is 1. The van der Waals surface area contributed by atoms with Gasteiger partial charge in [-0.1, -0.05) is 24.3 Å². The number of fused-ring (bicyclic) bond motifs is 1. The van der Waals surface area contributed by atoms with Crippen molar-refractivity contribution in [1.82, 2.24) is 15.2 Å². The zero-order valence-electron chi connectivity index (χ0n) is 14.6. The maximum absolute atomic E-state index is 12.9. The summed E-state index contributed by atoms with van der Waals surface area (Å²) in [5.74, 6) is 0. The Morgan fingerprint density at radius 3 is 2.84 bits per heavy atom. The number of hydrogen-bond acceptors (Lipinski definition) is 3. The maximum atomic E-state index is 12.9. The van der Waals surface area contributed by atoms with Gasteiger partial charge < -0.3 is 15.3 Å². The van der Waals surface area contributed by atoms with Gasteiger partial charge in [0.05, 0.1) is 12.1 Å². The molecular weight excluding hydrogens is 314 g/mol. The molecule has 1 heterocycles. The highest BCUT2D eigenvalue weighted by molar-refractivity contribution is 5.75. The lowest BCUT2D eigenvalue weighted by Crippen LogP contribution is -2.43. The number of pyridine rings is 1. The zero-order chi connectivity index (χ0) is 17.6. The number of carbonyl (C=O) groups excluding carboxylic acids is 1. The molecule has 5 heteroatoms. The summed E-state index contributed by atoms with van der Waals surface area (Å²) in [6.45, 7) is 2.60. The van der Waals surface area contributed by atoms with Crippen molar-refractivity contribution in [3.63, 3.8) is 0 Å². The minimum atomic E-state index is -0.0937. The van der Waals surface area contributed by atoms with Crippen LogP contribution in [0.4, 0.5) is 4.79 Å². The molecule has 2 aromatic rings. The van der Waals surface area contributed by atoms with Gasteiger partial charge in [0.2, 0.25) is 0 Å². The lowest BCUT2D eigenvalue weighted by Gasteiger charge is -2.31. The Hall–Kier alpha value is -2.40. The van der Waals surface area contributed by atoms with Gasteiger partial charge in [0, 0.05) is 25.5 Å². The fourth-order valence-electron chi connectivity index (χ4n) is 3.50. The van der Waals surface area contributed by atoms with Gasteiger partial charge in [-0.15, -0.1) is 0 Å². The monoisotopic (exact) mass is 339 g/mol. The smallest absolute Gasteiger partial charge is 0.318 e. The van der Waals surface area contributed by atoms with Crippen molar-refractivity contribution in [3.8, 4) is 0 Å². The summed E-state index contributed by atoms with van der Waals surface area (Å²) < 4.78 is 0. The number of rotatable bonds is 6. The fourth-order valence-corrected chi connectivity index (χ4v) is 3.50. The number of aromatic nitrogens is 1. The Morgan fingerprint density at radius 1 is 1.32 bits per heavy atom. The molecule has 0 fully saturated rings. The summed E-state index contributed by atoms with van der Waals surface area (Å²) in [6.07, 6.45) is 5.96. The molecule has 0 saturated heterocycles. The molecule has 132 valence electrons. The van der Waals surface area contributed by atoms with E-state index in [1.165, 1.54) is 11.1 Å². The maximum Gasteiger partial charge on any atom is 0.318 e. The second-order valence-corrected chi connectivity index (χ2v) is 6.48. The van der Waals surface area contributed by atoms with Gasteiger partial charge in [-0.05, 0) is 55.0 Å². The standard InChI is InChI=1S/C20H25N3O2/c1-15(16-9-11-21-12-10-16)22-20(25)23(13-4-14-24)19-8-7-17-5-2-3-6-18(17)19/h2-3,5-6,9-12,15,19,24H,4,7-8,13-14H2,1H3,(H,22,25). The van der Waals surface area contributed by atoms with Crippen LogP contribution in [0.1, 0.15) is 48.5 Å². The van der Waals surface area contributed by atoms with Crippen molar-refractivity contribution in [3.05, 3.63) is 65.5 Å². The fraction of sp³-hybridized carbons (Fsp3) is 0.400. The van der Waals surface area contributed by atoms with Gasteiger partial charge in [0.25, 0.3) is 0 Å². The normalized spacial score (nSPS) is 17.0. The van der Waals surface area contributed by atoms with Crippen molar-refractivity contribution in [2.24, 2.45) is 0 Å². The number of aliphatic hydroxyl groups is 1. The van der Waals surface area contributed by atoms with Crippen molar-refractivity contribution in [2.45, 2.75) is 38.3 Å². The molecule has 25 heavy (non-hydrogen) atoms. The molecule has 0 radical (unpaired) electrons. The van der Waals surface area contributed by atoms with Crippen LogP contribution in [0, 0.1) is 0 Å². The molecule has 5 nitrogen and oxygen atoms in total. The zero-order valence-corrected chi connectivity index (χ0v) is 14.6. The molecule has 0 bridgehead atoms. The number of hydrogen-bond donors (Lipinski definition) is 2. The van der Waals surface area contributed by atoms with E-state index in [1.807, 2.05) is 36.1 Å². The summed E-state index contributed by atoms with van der Waals surface area (Å²) in [4.78, 5) is 18.8. The van der Waals surface area contributed by atoms with Crippen molar-refractivity contribution in [2.75, 3.05) is 13.2 Å². The third-order valence-electron chi connectivity index (χ3n) is 4.84. The van der Waals surface area contributed by atoms with Crippen LogP contribution in [-0.4, -0.2) is 34.2 Å². The first-order chi connectivity index (χ1) is 12.2. The third-order valence-corrected chi connectivity index (χ3v) is 4.84. The van der Waals surface area contributed by atoms with Gasteiger partial charge >= 0.3 is 6.03 Å². The van der Waals surface area contributed by atoms with Crippen LogP contribution in [0.2, 0.25) is 0 Å². The lowest BCUT2D eigenvalue weighted by molar-refractivity contribution is 0.162. The second kappa shape index (κ2) is 8.12. The number of aryl methyl sites for hydroxylation is 1. The van der Waals surface area contributed by atoms with Crippen molar-refractivity contribution < 1.29 is 9.90 Å². The van der Waals surface area contributed by atoms with E-state index in [4.69, 9.17) is 0 Å². The highest BCUT2D eigenvalue weighted by Crippen LogP contribution is 2.35. The van der Waals surface area contributed by atoms with E-state index < -0.39 is 0 Å². The molecule has 2 amide bonds. The van der Waals surface area contributed by atoms with Gasteiger partial charge in [0.1, 0.15) is 0 Å². The van der Waals surface area contributed by atoms with E-state index in [2.05, 4.69) is 22.4 Å². The molecule has 1 aliphatic carbocycles. The number of amides is 2. The van der Waals surface area contributed by atoms with E-state index >= 15 is 0 Å². The van der Waals surface area contributed by atoms with Crippen LogP contribution in [0.3, 0.4) is 0 Å². The number of urea groups is 1. The molecule has 1 aromatic heterocycles. The van der Waals surface area contributed by atoms with Crippen LogP contribution >= 0.6 is 0 Å². The van der Waals surface area contributed by atoms with E-state index in [0.29, 0.717) is 13.0 Å². The first-order valence-corrected chi connectivity index (χ1v) is 8.86. The van der Waals surface area contributed by atoms with Crippen LogP contribution < -0.4 is 5.32 Å². The van der Waals surface area contributed by atoms with E-state index in [1.54, 1.807) is 12.4 Å². The molecular formula is C20H25N3O2. The first kappa shape index (κ1) is 17.4. The molecule has 2 atom stereocenters. The molecule has 2 unspecified atom stereocenters. The Labute approximate surface area is 148 Å². The number of nitrogens with zero attached hydrogens (tertiary/aromatic N) is 2. The average molecular weight is 339 g/mol. The van der Waals surface area contributed by atoms with Crippen molar-refractivity contribution >= 4 is 6.03 Å². The van der Waals surface area contributed by atoms with E-state index in [9.17, 15) is 9.90 Å². The molecule has 0 spiro atoms. The molecule has 0 saturated carbocycles. The van der Waals surface area contributed by atoms with Gasteiger partial charge in [-0.2, -0.15) is 0 Å². The highest BCUT2D eigenvalue weighted by atomic mass is 16.3. The Kier molecular flexibility index (Phi) is 5.66.